The lowest BCUT2D eigenvalue weighted by Crippen LogP contribution is -2.13. The van der Waals surface area contributed by atoms with Crippen LogP contribution in [0.1, 0.15) is 40.5 Å². The maximum atomic E-state index is 12.1. The minimum Gasteiger partial charge on any atom is -0.502 e. The first-order chi connectivity index (χ1) is 15.9. The van der Waals surface area contributed by atoms with E-state index in [2.05, 4.69) is 12.1 Å². The Balaban J connectivity index is 1.47. The highest BCUT2D eigenvalue weighted by molar-refractivity contribution is 5.71. The lowest BCUT2D eigenvalue weighted by atomic mass is 9.92. The molecule has 4 rings (SSSR count). The van der Waals surface area contributed by atoms with Crippen molar-refractivity contribution < 1.29 is 28.5 Å². The third-order valence-electron chi connectivity index (χ3n) is 5.68. The van der Waals surface area contributed by atoms with Gasteiger partial charge in [-0.1, -0.05) is 24.3 Å². The monoisotopic (exact) mass is 450 g/mol. The number of hydrogen-bond donors (Lipinski definition) is 1. The smallest absolute Gasteiger partial charge is 0.306 e. The van der Waals surface area contributed by atoms with Crippen molar-refractivity contribution in [2.45, 2.75) is 32.1 Å². The van der Waals surface area contributed by atoms with Crippen molar-refractivity contribution in [1.29, 1.82) is 0 Å². The van der Waals surface area contributed by atoms with Crippen molar-refractivity contribution in [2.75, 3.05) is 20.3 Å². The van der Waals surface area contributed by atoms with Crippen LogP contribution in [-0.4, -0.2) is 31.4 Å². The van der Waals surface area contributed by atoms with Gasteiger partial charge in [0, 0.05) is 18.9 Å². The molecule has 0 spiro atoms. The minimum atomic E-state index is -0.673. The SMILES string of the molecule is COC(=O)C[C@@H](c1ccc(OCCc2ccc3c(c2)CCO3)cc1)c1oc(C)cc(=O)c1O. The Labute approximate surface area is 191 Å². The number of fused-ring (bicyclic) bond motifs is 1. The van der Waals surface area contributed by atoms with Crippen LogP contribution in [0.15, 0.2) is 57.7 Å². The Kier molecular flexibility index (Phi) is 6.68. The van der Waals surface area contributed by atoms with Gasteiger partial charge in [-0.25, -0.2) is 0 Å². The van der Waals surface area contributed by atoms with E-state index in [4.69, 9.17) is 18.6 Å². The first-order valence-corrected chi connectivity index (χ1v) is 10.8. The maximum absolute atomic E-state index is 12.1. The van der Waals surface area contributed by atoms with Gasteiger partial charge in [-0.15, -0.1) is 0 Å². The summed E-state index contributed by atoms with van der Waals surface area (Å²) in [5, 5.41) is 10.3. The van der Waals surface area contributed by atoms with E-state index < -0.39 is 23.1 Å². The van der Waals surface area contributed by atoms with E-state index in [-0.39, 0.29) is 12.2 Å². The molecule has 0 unspecified atom stereocenters. The predicted molar refractivity (Wildman–Crippen MR) is 121 cm³/mol. The van der Waals surface area contributed by atoms with Gasteiger partial charge in [-0.2, -0.15) is 0 Å². The van der Waals surface area contributed by atoms with Crippen LogP contribution in [-0.2, 0) is 22.4 Å². The summed E-state index contributed by atoms with van der Waals surface area (Å²) < 4.78 is 21.9. The Morgan fingerprint density at radius 3 is 2.70 bits per heavy atom. The quantitative estimate of drug-likeness (QED) is 0.520. The van der Waals surface area contributed by atoms with Gasteiger partial charge in [0.05, 0.1) is 32.7 Å². The summed E-state index contributed by atoms with van der Waals surface area (Å²) in [6.45, 7) is 2.87. The van der Waals surface area contributed by atoms with Crippen molar-refractivity contribution in [2.24, 2.45) is 0 Å². The molecule has 1 atom stereocenters. The van der Waals surface area contributed by atoms with Crippen molar-refractivity contribution in [3.05, 3.63) is 87.0 Å². The number of methoxy groups -OCH3 is 1. The lowest BCUT2D eigenvalue weighted by Gasteiger charge is -2.17. The van der Waals surface area contributed by atoms with Crippen LogP contribution in [0, 0.1) is 6.92 Å². The summed E-state index contributed by atoms with van der Waals surface area (Å²) in [5.74, 6) is 0.369. The molecule has 1 aromatic heterocycles. The zero-order chi connectivity index (χ0) is 23.4. The third-order valence-corrected chi connectivity index (χ3v) is 5.68. The van der Waals surface area contributed by atoms with Crippen LogP contribution in [0.25, 0.3) is 0 Å². The zero-order valence-corrected chi connectivity index (χ0v) is 18.6. The highest BCUT2D eigenvalue weighted by Gasteiger charge is 2.26. The van der Waals surface area contributed by atoms with E-state index in [0.717, 1.165) is 25.2 Å². The van der Waals surface area contributed by atoms with Crippen LogP contribution in [0.3, 0.4) is 0 Å². The average Bonchev–Trinajstić information content (AvgIpc) is 3.28. The Morgan fingerprint density at radius 2 is 1.94 bits per heavy atom. The summed E-state index contributed by atoms with van der Waals surface area (Å²) in [6, 6.07) is 14.6. The van der Waals surface area contributed by atoms with Crippen LogP contribution < -0.4 is 14.9 Å². The fraction of sp³-hybridized carbons (Fsp3) is 0.308. The number of benzene rings is 2. The van der Waals surface area contributed by atoms with Crippen molar-refractivity contribution in [3.8, 4) is 17.2 Å². The molecule has 0 fully saturated rings. The van der Waals surface area contributed by atoms with E-state index >= 15 is 0 Å². The van der Waals surface area contributed by atoms with Gasteiger partial charge >= 0.3 is 5.97 Å². The number of carbonyl (C=O) groups excluding carboxylic acids is 1. The van der Waals surface area contributed by atoms with E-state index in [1.807, 2.05) is 6.07 Å². The fourth-order valence-electron chi connectivity index (χ4n) is 3.95. The zero-order valence-electron chi connectivity index (χ0n) is 18.6. The van der Waals surface area contributed by atoms with Gasteiger partial charge in [0.1, 0.15) is 17.3 Å². The molecule has 0 aliphatic carbocycles. The van der Waals surface area contributed by atoms with E-state index in [0.29, 0.717) is 23.7 Å². The molecule has 0 amide bonds. The third kappa shape index (κ3) is 5.19. The number of rotatable bonds is 8. The Hall–Kier alpha value is -3.74. The van der Waals surface area contributed by atoms with Crippen molar-refractivity contribution in [1.82, 2.24) is 0 Å². The molecular formula is C26H26O7. The van der Waals surface area contributed by atoms with Gasteiger partial charge in [-0.05, 0) is 41.8 Å². The van der Waals surface area contributed by atoms with Crippen LogP contribution in [0.4, 0.5) is 0 Å². The number of aromatic hydroxyl groups is 1. The van der Waals surface area contributed by atoms with Crippen LogP contribution in [0.5, 0.6) is 17.2 Å². The van der Waals surface area contributed by atoms with Gasteiger partial charge in [-0.3, -0.25) is 9.59 Å². The molecule has 0 saturated heterocycles. The summed E-state index contributed by atoms with van der Waals surface area (Å²) in [4.78, 5) is 24.1. The van der Waals surface area contributed by atoms with Gasteiger partial charge in [0.2, 0.25) is 11.2 Å². The van der Waals surface area contributed by atoms with Gasteiger partial charge in [0.15, 0.2) is 5.76 Å². The Morgan fingerprint density at radius 1 is 1.15 bits per heavy atom. The normalized spacial score (nSPS) is 13.2. The van der Waals surface area contributed by atoms with Crippen LogP contribution >= 0.6 is 0 Å². The van der Waals surface area contributed by atoms with Gasteiger partial charge < -0.3 is 23.7 Å². The highest BCUT2D eigenvalue weighted by Crippen LogP contribution is 2.34. The molecule has 0 radical (unpaired) electrons. The fourth-order valence-corrected chi connectivity index (χ4v) is 3.95. The van der Waals surface area contributed by atoms with E-state index in [9.17, 15) is 14.7 Å². The first kappa shape index (κ1) is 22.5. The second-order valence-electron chi connectivity index (χ2n) is 7.98. The summed E-state index contributed by atoms with van der Waals surface area (Å²) in [6.07, 6.45) is 1.62. The molecule has 1 aliphatic heterocycles. The average molecular weight is 450 g/mol. The second-order valence-corrected chi connectivity index (χ2v) is 7.98. The molecule has 2 aromatic carbocycles. The standard InChI is InChI=1S/C26H26O7/c1-16-13-22(27)25(29)26(33-16)21(15-24(28)30-2)18-4-6-20(7-5-18)31-11-9-17-3-8-23-19(14-17)10-12-32-23/h3-8,13-14,21,29H,9-12,15H2,1-2H3/t21-/m0/s1. The molecule has 0 saturated carbocycles. The number of esters is 1. The summed E-state index contributed by atoms with van der Waals surface area (Å²) >= 11 is 0. The number of ether oxygens (including phenoxy) is 3. The van der Waals surface area contributed by atoms with Crippen molar-refractivity contribution in [3.63, 3.8) is 0 Å². The summed E-state index contributed by atoms with van der Waals surface area (Å²) in [7, 11) is 1.29. The molecule has 172 valence electrons. The molecule has 1 N–H and O–H groups in total. The largest absolute Gasteiger partial charge is 0.502 e. The first-order valence-electron chi connectivity index (χ1n) is 10.8. The topological polar surface area (TPSA) is 95.2 Å². The Bertz CT molecular complexity index is 1190. The van der Waals surface area contributed by atoms with Crippen molar-refractivity contribution >= 4 is 5.97 Å². The highest BCUT2D eigenvalue weighted by atomic mass is 16.5. The number of carbonyl (C=O) groups is 1. The molecule has 3 aromatic rings. The maximum Gasteiger partial charge on any atom is 0.306 e. The molecule has 7 heteroatoms. The molecule has 7 nitrogen and oxygen atoms in total. The molecule has 1 aliphatic rings. The van der Waals surface area contributed by atoms with Gasteiger partial charge in [0.25, 0.3) is 0 Å². The molecule has 0 bridgehead atoms. The minimum absolute atomic E-state index is 0.0413. The molecule has 33 heavy (non-hydrogen) atoms. The second kappa shape index (κ2) is 9.81. The number of aryl methyl sites for hydroxylation is 1. The predicted octanol–water partition coefficient (Wildman–Crippen LogP) is 3.91. The van der Waals surface area contributed by atoms with E-state index in [1.54, 1.807) is 31.2 Å². The molecule has 2 heterocycles. The number of hydrogen-bond acceptors (Lipinski definition) is 7. The van der Waals surface area contributed by atoms with E-state index in [1.165, 1.54) is 24.3 Å². The van der Waals surface area contributed by atoms with Crippen LogP contribution in [0.2, 0.25) is 0 Å². The molecular weight excluding hydrogens is 424 g/mol. The lowest BCUT2D eigenvalue weighted by molar-refractivity contribution is -0.140. The summed E-state index contributed by atoms with van der Waals surface area (Å²) in [5.41, 5.74) is 2.57.